The van der Waals surface area contributed by atoms with Crippen molar-refractivity contribution in [2.45, 2.75) is 20.8 Å². The molecule has 5 nitrogen and oxygen atoms in total. The molecule has 1 aromatic heterocycles. The van der Waals surface area contributed by atoms with Crippen LogP contribution in [0.1, 0.15) is 37.5 Å². The van der Waals surface area contributed by atoms with Crippen molar-refractivity contribution in [1.29, 1.82) is 0 Å². The first-order valence-electron chi connectivity index (χ1n) is 8.75. The number of pyridine rings is 1. The normalized spacial score (nSPS) is 10.4. The Hall–Kier alpha value is -3.18. The molecule has 3 rings (SSSR count). The van der Waals surface area contributed by atoms with E-state index < -0.39 is 5.91 Å². The first kappa shape index (κ1) is 19.6. The number of nitrogens with one attached hydrogen (secondary N) is 2. The molecule has 0 atom stereocenters. The fourth-order valence-corrected chi connectivity index (χ4v) is 2.81. The summed E-state index contributed by atoms with van der Waals surface area (Å²) in [7, 11) is 0. The zero-order valence-electron chi connectivity index (χ0n) is 15.8. The molecule has 6 heteroatoms. The quantitative estimate of drug-likeness (QED) is 0.642. The minimum absolute atomic E-state index is 0.144. The Kier molecular flexibility index (Phi) is 5.76. The molecule has 0 aliphatic carbocycles. The van der Waals surface area contributed by atoms with E-state index in [0.29, 0.717) is 16.3 Å². The maximum Gasteiger partial charge on any atom is 0.274 e. The second kappa shape index (κ2) is 8.23. The van der Waals surface area contributed by atoms with E-state index >= 15 is 0 Å². The molecule has 3 aromatic rings. The lowest BCUT2D eigenvalue weighted by Crippen LogP contribution is -2.17. The van der Waals surface area contributed by atoms with Gasteiger partial charge in [-0.1, -0.05) is 29.8 Å². The summed E-state index contributed by atoms with van der Waals surface area (Å²) in [5.41, 5.74) is 4.72. The number of aromatic nitrogens is 1. The first-order chi connectivity index (χ1) is 13.3. The summed E-state index contributed by atoms with van der Waals surface area (Å²) >= 11 is 6.09. The van der Waals surface area contributed by atoms with Gasteiger partial charge in [0.05, 0.1) is 0 Å². The third kappa shape index (κ3) is 4.56. The molecule has 0 aliphatic rings. The number of carbonyl (C=O) groups excluding carboxylic acids is 2. The van der Waals surface area contributed by atoms with Crippen LogP contribution in [0.3, 0.4) is 0 Å². The van der Waals surface area contributed by atoms with Crippen LogP contribution in [0, 0.1) is 20.8 Å². The van der Waals surface area contributed by atoms with E-state index in [1.54, 1.807) is 18.2 Å². The van der Waals surface area contributed by atoms with Crippen molar-refractivity contribution in [3.8, 4) is 0 Å². The van der Waals surface area contributed by atoms with Crippen molar-refractivity contribution in [2.75, 3.05) is 10.6 Å². The molecular weight excluding hydrogens is 374 g/mol. The van der Waals surface area contributed by atoms with Crippen molar-refractivity contribution in [3.05, 3.63) is 87.7 Å². The van der Waals surface area contributed by atoms with E-state index in [1.807, 2.05) is 45.0 Å². The van der Waals surface area contributed by atoms with E-state index in [0.717, 1.165) is 22.4 Å². The van der Waals surface area contributed by atoms with Gasteiger partial charge in [-0.2, -0.15) is 0 Å². The Morgan fingerprint density at radius 3 is 2.36 bits per heavy atom. The maximum atomic E-state index is 12.6. The summed E-state index contributed by atoms with van der Waals surface area (Å²) in [6, 6.07) is 14.1. The highest BCUT2D eigenvalue weighted by Crippen LogP contribution is 2.21. The number of nitrogens with zero attached hydrogens (tertiary/aromatic N) is 1. The molecule has 0 bridgehead atoms. The van der Waals surface area contributed by atoms with Crippen LogP contribution in [-0.2, 0) is 0 Å². The summed E-state index contributed by atoms with van der Waals surface area (Å²) in [6.07, 6.45) is 1.44. The molecule has 0 spiro atoms. The second-order valence-electron chi connectivity index (χ2n) is 6.62. The van der Waals surface area contributed by atoms with Crippen molar-refractivity contribution in [1.82, 2.24) is 4.98 Å². The van der Waals surface area contributed by atoms with Crippen LogP contribution in [0.25, 0.3) is 0 Å². The molecule has 0 saturated carbocycles. The number of hydrogen-bond donors (Lipinski definition) is 2. The van der Waals surface area contributed by atoms with Gasteiger partial charge in [0.1, 0.15) is 5.69 Å². The van der Waals surface area contributed by atoms with Crippen molar-refractivity contribution in [2.24, 2.45) is 0 Å². The fraction of sp³-hybridized carbons (Fsp3) is 0.136. The van der Waals surface area contributed by atoms with Gasteiger partial charge in [0.25, 0.3) is 11.8 Å². The predicted octanol–water partition coefficient (Wildman–Crippen LogP) is 5.16. The number of carbonyl (C=O) groups is 2. The minimum atomic E-state index is -0.415. The van der Waals surface area contributed by atoms with Gasteiger partial charge in [-0.15, -0.1) is 0 Å². The number of aryl methyl sites for hydroxylation is 3. The Bertz CT molecular complexity index is 1060. The summed E-state index contributed by atoms with van der Waals surface area (Å²) in [6.45, 7) is 5.77. The minimum Gasteiger partial charge on any atom is -0.322 e. The third-order valence-corrected chi connectivity index (χ3v) is 4.73. The van der Waals surface area contributed by atoms with Gasteiger partial charge in [-0.3, -0.25) is 14.6 Å². The molecule has 142 valence electrons. The third-order valence-electron chi connectivity index (χ3n) is 4.33. The predicted molar refractivity (Wildman–Crippen MR) is 112 cm³/mol. The van der Waals surface area contributed by atoms with Gasteiger partial charge in [0, 0.05) is 28.2 Å². The zero-order valence-corrected chi connectivity index (χ0v) is 16.6. The molecule has 2 aromatic carbocycles. The second-order valence-corrected chi connectivity index (χ2v) is 7.03. The average Bonchev–Trinajstić information content (AvgIpc) is 2.67. The highest BCUT2D eigenvalue weighted by atomic mass is 35.5. The molecule has 0 fully saturated rings. The molecule has 0 aliphatic heterocycles. The standard InChI is InChI=1S/C22H20ClN3O2/c1-13-4-5-15(3)19(10-13)26-21(27)16-8-9-24-20(11-16)22(28)25-17-7-6-14(2)18(23)12-17/h4-12H,1-3H3,(H,25,28)(H,26,27). The largest absolute Gasteiger partial charge is 0.322 e. The van der Waals surface area contributed by atoms with Crippen molar-refractivity contribution in [3.63, 3.8) is 0 Å². The van der Waals surface area contributed by atoms with E-state index in [1.165, 1.54) is 12.3 Å². The van der Waals surface area contributed by atoms with Crippen LogP contribution in [0.15, 0.2) is 54.7 Å². The molecule has 1 heterocycles. The Labute approximate surface area is 168 Å². The average molecular weight is 394 g/mol. The highest BCUT2D eigenvalue weighted by Gasteiger charge is 2.13. The molecule has 0 unspecified atom stereocenters. The number of anilines is 2. The first-order valence-corrected chi connectivity index (χ1v) is 9.13. The van der Waals surface area contributed by atoms with Crippen LogP contribution in [0.4, 0.5) is 11.4 Å². The van der Waals surface area contributed by atoms with Crippen molar-refractivity contribution >= 4 is 34.8 Å². The number of halogens is 1. The summed E-state index contributed by atoms with van der Waals surface area (Å²) in [5.74, 6) is -0.718. The van der Waals surface area contributed by atoms with Crippen molar-refractivity contribution < 1.29 is 9.59 Å². The Balaban J connectivity index is 1.77. The molecule has 0 radical (unpaired) electrons. The van der Waals surface area contributed by atoms with E-state index in [4.69, 9.17) is 11.6 Å². The Morgan fingerprint density at radius 2 is 1.61 bits per heavy atom. The van der Waals surface area contributed by atoms with Gasteiger partial charge in [-0.25, -0.2) is 0 Å². The van der Waals surface area contributed by atoms with E-state index in [-0.39, 0.29) is 11.6 Å². The van der Waals surface area contributed by atoms with Gasteiger partial charge in [-0.05, 0) is 67.8 Å². The number of benzene rings is 2. The number of hydrogen-bond acceptors (Lipinski definition) is 3. The van der Waals surface area contributed by atoms with Gasteiger partial charge < -0.3 is 10.6 Å². The SMILES string of the molecule is Cc1ccc(C)c(NC(=O)c2ccnc(C(=O)Nc3ccc(C)c(Cl)c3)c2)c1. The van der Waals surface area contributed by atoms with Gasteiger partial charge >= 0.3 is 0 Å². The molecule has 2 amide bonds. The van der Waals surface area contributed by atoms with E-state index in [9.17, 15) is 9.59 Å². The lowest BCUT2D eigenvalue weighted by atomic mass is 10.1. The lowest BCUT2D eigenvalue weighted by molar-refractivity contribution is 0.102. The van der Waals surface area contributed by atoms with Crippen LogP contribution in [-0.4, -0.2) is 16.8 Å². The summed E-state index contributed by atoms with van der Waals surface area (Å²) in [4.78, 5) is 29.2. The van der Waals surface area contributed by atoms with Gasteiger partial charge in [0.2, 0.25) is 0 Å². The molecule has 2 N–H and O–H groups in total. The smallest absolute Gasteiger partial charge is 0.274 e. The monoisotopic (exact) mass is 393 g/mol. The van der Waals surface area contributed by atoms with Crippen LogP contribution in [0.5, 0.6) is 0 Å². The molecular formula is C22H20ClN3O2. The Morgan fingerprint density at radius 1 is 0.857 bits per heavy atom. The van der Waals surface area contributed by atoms with E-state index in [2.05, 4.69) is 15.6 Å². The summed E-state index contributed by atoms with van der Waals surface area (Å²) in [5, 5.41) is 6.18. The molecule has 0 saturated heterocycles. The van der Waals surface area contributed by atoms with Gasteiger partial charge in [0.15, 0.2) is 0 Å². The zero-order chi connectivity index (χ0) is 20.3. The highest BCUT2D eigenvalue weighted by molar-refractivity contribution is 6.31. The van der Waals surface area contributed by atoms with Crippen LogP contribution >= 0.6 is 11.6 Å². The number of rotatable bonds is 4. The lowest BCUT2D eigenvalue weighted by Gasteiger charge is -2.10. The summed E-state index contributed by atoms with van der Waals surface area (Å²) < 4.78 is 0. The van der Waals surface area contributed by atoms with Crippen LogP contribution < -0.4 is 10.6 Å². The topological polar surface area (TPSA) is 71.1 Å². The molecule has 28 heavy (non-hydrogen) atoms. The maximum absolute atomic E-state index is 12.6. The van der Waals surface area contributed by atoms with Crippen LogP contribution in [0.2, 0.25) is 5.02 Å². The number of amides is 2. The fourth-order valence-electron chi connectivity index (χ4n) is 2.63.